The van der Waals surface area contributed by atoms with E-state index in [9.17, 15) is 0 Å². The molecular weight excluding hydrogens is 224 g/mol. The standard InChI is InChI=1S/C16H22O2/c1-3-7-14(2)12-18-13-16-9-5-4-8-15(16)10-6-11-17/h4-5,8-9,14,17H,3,7,11-13H2,1-2H3. The summed E-state index contributed by atoms with van der Waals surface area (Å²) in [5, 5.41) is 8.72. The van der Waals surface area contributed by atoms with Crippen molar-refractivity contribution in [1.82, 2.24) is 0 Å². The molecule has 0 aliphatic heterocycles. The van der Waals surface area contributed by atoms with Gasteiger partial charge in [-0.2, -0.15) is 0 Å². The van der Waals surface area contributed by atoms with E-state index in [2.05, 4.69) is 25.7 Å². The van der Waals surface area contributed by atoms with Gasteiger partial charge in [-0.3, -0.25) is 0 Å². The quantitative estimate of drug-likeness (QED) is 0.782. The molecule has 1 atom stereocenters. The summed E-state index contributed by atoms with van der Waals surface area (Å²) < 4.78 is 5.72. The predicted molar refractivity (Wildman–Crippen MR) is 74.1 cm³/mol. The molecule has 0 radical (unpaired) electrons. The second kappa shape index (κ2) is 8.74. The van der Waals surface area contributed by atoms with Crippen LogP contribution in [0.25, 0.3) is 0 Å². The highest BCUT2D eigenvalue weighted by atomic mass is 16.5. The highest BCUT2D eigenvalue weighted by Gasteiger charge is 2.03. The molecule has 2 heteroatoms. The van der Waals surface area contributed by atoms with Gasteiger partial charge in [0.25, 0.3) is 0 Å². The van der Waals surface area contributed by atoms with Crippen molar-refractivity contribution in [3.8, 4) is 11.8 Å². The highest BCUT2D eigenvalue weighted by molar-refractivity contribution is 5.40. The summed E-state index contributed by atoms with van der Waals surface area (Å²) in [6.07, 6.45) is 2.40. The number of hydrogen-bond donors (Lipinski definition) is 1. The molecule has 1 rings (SSSR count). The van der Waals surface area contributed by atoms with Gasteiger partial charge in [-0.1, -0.05) is 50.3 Å². The summed E-state index contributed by atoms with van der Waals surface area (Å²) in [6.45, 7) is 5.67. The van der Waals surface area contributed by atoms with E-state index in [0.717, 1.165) is 17.7 Å². The molecule has 98 valence electrons. The maximum Gasteiger partial charge on any atom is 0.104 e. The Morgan fingerprint density at radius 3 is 2.83 bits per heavy atom. The summed E-state index contributed by atoms with van der Waals surface area (Å²) in [6, 6.07) is 7.91. The zero-order valence-electron chi connectivity index (χ0n) is 11.3. The van der Waals surface area contributed by atoms with Crippen LogP contribution in [0, 0.1) is 17.8 Å². The van der Waals surface area contributed by atoms with E-state index in [-0.39, 0.29) is 6.61 Å². The van der Waals surface area contributed by atoms with Crippen LogP contribution in [0.1, 0.15) is 37.8 Å². The van der Waals surface area contributed by atoms with Crippen molar-refractivity contribution in [3.63, 3.8) is 0 Å². The van der Waals surface area contributed by atoms with Crippen molar-refractivity contribution >= 4 is 0 Å². The molecular formula is C16H22O2. The maximum atomic E-state index is 8.72. The average Bonchev–Trinajstić information content (AvgIpc) is 2.38. The summed E-state index contributed by atoms with van der Waals surface area (Å²) >= 11 is 0. The molecule has 0 aromatic heterocycles. The van der Waals surface area contributed by atoms with Crippen LogP contribution >= 0.6 is 0 Å². The van der Waals surface area contributed by atoms with Crippen LogP contribution in [-0.4, -0.2) is 18.3 Å². The van der Waals surface area contributed by atoms with Gasteiger partial charge in [-0.15, -0.1) is 0 Å². The molecule has 0 fully saturated rings. The van der Waals surface area contributed by atoms with Crippen LogP contribution in [0.2, 0.25) is 0 Å². The van der Waals surface area contributed by atoms with Gasteiger partial charge in [0.2, 0.25) is 0 Å². The number of rotatable bonds is 6. The minimum Gasteiger partial charge on any atom is -0.384 e. The summed E-state index contributed by atoms with van der Waals surface area (Å²) in [5.41, 5.74) is 2.02. The first kappa shape index (κ1) is 14.8. The zero-order valence-corrected chi connectivity index (χ0v) is 11.3. The van der Waals surface area contributed by atoms with Crippen molar-refractivity contribution in [2.24, 2.45) is 5.92 Å². The second-order valence-corrected chi connectivity index (χ2v) is 4.53. The molecule has 0 heterocycles. The summed E-state index contributed by atoms with van der Waals surface area (Å²) in [7, 11) is 0. The van der Waals surface area contributed by atoms with E-state index in [0.29, 0.717) is 12.5 Å². The Hall–Kier alpha value is -1.30. The third kappa shape index (κ3) is 5.35. The highest BCUT2D eigenvalue weighted by Crippen LogP contribution is 2.11. The van der Waals surface area contributed by atoms with E-state index in [1.807, 2.05) is 24.3 Å². The van der Waals surface area contributed by atoms with Crippen LogP contribution in [0.15, 0.2) is 24.3 Å². The van der Waals surface area contributed by atoms with Crippen molar-refractivity contribution in [1.29, 1.82) is 0 Å². The molecule has 2 nitrogen and oxygen atoms in total. The van der Waals surface area contributed by atoms with Crippen LogP contribution in [0.4, 0.5) is 0 Å². The van der Waals surface area contributed by atoms with E-state index in [1.54, 1.807) is 0 Å². The Kier molecular flexibility index (Phi) is 7.17. The van der Waals surface area contributed by atoms with Gasteiger partial charge in [-0.05, 0) is 24.0 Å². The molecule has 1 aromatic carbocycles. The van der Waals surface area contributed by atoms with Crippen molar-refractivity contribution in [2.75, 3.05) is 13.2 Å². The zero-order chi connectivity index (χ0) is 13.2. The largest absolute Gasteiger partial charge is 0.384 e. The van der Waals surface area contributed by atoms with Crippen LogP contribution in [-0.2, 0) is 11.3 Å². The van der Waals surface area contributed by atoms with Gasteiger partial charge in [0.05, 0.1) is 6.61 Å². The van der Waals surface area contributed by atoms with Gasteiger partial charge >= 0.3 is 0 Å². The predicted octanol–water partition coefficient (Wildman–Crippen LogP) is 2.98. The van der Waals surface area contributed by atoms with Gasteiger partial charge < -0.3 is 9.84 Å². The normalized spacial score (nSPS) is 11.7. The lowest BCUT2D eigenvalue weighted by atomic mass is 10.1. The third-order valence-electron chi connectivity index (χ3n) is 2.76. The number of benzene rings is 1. The van der Waals surface area contributed by atoms with Crippen molar-refractivity contribution in [2.45, 2.75) is 33.3 Å². The molecule has 1 aromatic rings. The second-order valence-electron chi connectivity index (χ2n) is 4.53. The molecule has 0 saturated carbocycles. The Bertz CT molecular complexity index is 401. The Morgan fingerprint density at radius 2 is 2.11 bits per heavy atom. The summed E-state index contributed by atoms with van der Waals surface area (Å²) in [5.74, 6) is 6.22. The lowest BCUT2D eigenvalue weighted by Gasteiger charge is -2.11. The number of aliphatic hydroxyl groups excluding tert-OH is 1. The molecule has 0 saturated heterocycles. The Labute approximate surface area is 110 Å². The minimum absolute atomic E-state index is 0.108. The van der Waals surface area contributed by atoms with Crippen molar-refractivity contribution in [3.05, 3.63) is 35.4 Å². The topological polar surface area (TPSA) is 29.5 Å². The van der Waals surface area contributed by atoms with Crippen molar-refractivity contribution < 1.29 is 9.84 Å². The van der Waals surface area contributed by atoms with E-state index >= 15 is 0 Å². The van der Waals surface area contributed by atoms with Crippen LogP contribution in [0.3, 0.4) is 0 Å². The number of aliphatic hydroxyl groups is 1. The lowest BCUT2D eigenvalue weighted by Crippen LogP contribution is -2.06. The molecule has 0 aliphatic carbocycles. The van der Waals surface area contributed by atoms with Crippen LogP contribution < -0.4 is 0 Å². The van der Waals surface area contributed by atoms with E-state index < -0.39 is 0 Å². The molecule has 1 unspecified atom stereocenters. The minimum atomic E-state index is -0.108. The number of hydrogen-bond acceptors (Lipinski definition) is 2. The van der Waals surface area contributed by atoms with Crippen LogP contribution in [0.5, 0.6) is 0 Å². The van der Waals surface area contributed by atoms with E-state index in [1.165, 1.54) is 12.8 Å². The SMILES string of the molecule is CCCC(C)COCc1ccccc1C#CCO. The fourth-order valence-corrected chi connectivity index (χ4v) is 1.85. The molecule has 18 heavy (non-hydrogen) atoms. The number of ether oxygens (including phenoxy) is 1. The third-order valence-corrected chi connectivity index (χ3v) is 2.76. The molecule has 0 amide bonds. The molecule has 0 aliphatic rings. The first-order valence-corrected chi connectivity index (χ1v) is 6.53. The lowest BCUT2D eigenvalue weighted by molar-refractivity contribution is 0.0892. The maximum absolute atomic E-state index is 8.72. The molecule has 0 spiro atoms. The Morgan fingerprint density at radius 1 is 1.33 bits per heavy atom. The summed E-state index contributed by atoms with van der Waals surface area (Å²) in [4.78, 5) is 0. The van der Waals surface area contributed by atoms with Gasteiger partial charge in [-0.25, -0.2) is 0 Å². The van der Waals surface area contributed by atoms with Gasteiger partial charge in [0, 0.05) is 12.2 Å². The Balaban J connectivity index is 2.51. The van der Waals surface area contributed by atoms with E-state index in [4.69, 9.17) is 9.84 Å². The van der Waals surface area contributed by atoms with Gasteiger partial charge in [0.1, 0.15) is 6.61 Å². The fraction of sp³-hybridized carbons (Fsp3) is 0.500. The monoisotopic (exact) mass is 246 g/mol. The first-order valence-electron chi connectivity index (χ1n) is 6.53. The first-order chi connectivity index (χ1) is 8.77. The average molecular weight is 246 g/mol. The molecule has 1 N–H and O–H groups in total. The van der Waals surface area contributed by atoms with Gasteiger partial charge in [0.15, 0.2) is 0 Å². The smallest absolute Gasteiger partial charge is 0.104 e. The molecule has 0 bridgehead atoms. The fourth-order valence-electron chi connectivity index (χ4n) is 1.85.